The zero-order valence-electron chi connectivity index (χ0n) is 20.5. The van der Waals surface area contributed by atoms with E-state index in [0.29, 0.717) is 34.9 Å². The molecular formula is C28H26FN3O5. The molecule has 8 nitrogen and oxygen atoms in total. The topological polar surface area (TPSA) is 104 Å². The van der Waals surface area contributed by atoms with Crippen molar-refractivity contribution in [2.24, 2.45) is 0 Å². The van der Waals surface area contributed by atoms with Crippen molar-refractivity contribution in [3.63, 3.8) is 0 Å². The monoisotopic (exact) mass is 503 g/mol. The summed E-state index contributed by atoms with van der Waals surface area (Å²) in [6.45, 7) is 3.84. The molecule has 2 heterocycles. The molecule has 0 atom stereocenters. The number of ether oxygens (including phenoxy) is 2. The Balaban J connectivity index is 1.39. The highest BCUT2D eigenvalue weighted by Crippen LogP contribution is 2.31. The third-order valence-electron chi connectivity index (χ3n) is 5.58. The Bertz CT molecular complexity index is 1370. The predicted octanol–water partition coefficient (Wildman–Crippen LogP) is 5.75. The van der Waals surface area contributed by atoms with E-state index in [-0.39, 0.29) is 31.2 Å². The van der Waals surface area contributed by atoms with Gasteiger partial charge in [-0.3, -0.25) is 15.1 Å². The number of aryl methyl sites for hydroxylation is 1. The summed E-state index contributed by atoms with van der Waals surface area (Å²) >= 11 is 0. The third-order valence-corrected chi connectivity index (χ3v) is 5.58. The van der Waals surface area contributed by atoms with Crippen molar-refractivity contribution in [1.82, 2.24) is 10.1 Å². The second kappa shape index (κ2) is 11.9. The molecule has 9 heteroatoms. The average Bonchev–Trinajstić information content (AvgIpc) is 3.25. The zero-order valence-corrected chi connectivity index (χ0v) is 20.5. The third kappa shape index (κ3) is 6.58. The van der Waals surface area contributed by atoms with E-state index in [1.807, 2.05) is 36.4 Å². The highest BCUT2D eigenvalue weighted by Gasteiger charge is 2.19. The summed E-state index contributed by atoms with van der Waals surface area (Å²) in [7, 11) is 0. The minimum atomic E-state index is -0.698. The minimum absolute atomic E-state index is 0.0151. The number of halogens is 1. The van der Waals surface area contributed by atoms with Gasteiger partial charge in [-0.2, -0.15) is 0 Å². The number of rotatable bonds is 9. The molecule has 4 rings (SSSR count). The first-order valence-electron chi connectivity index (χ1n) is 11.8. The number of carbonyl (C=O) groups excluding carboxylic acids is 2. The zero-order chi connectivity index (χ0) is 26.2. The van der Waals surface area contributed by atoms with Crippen LogP contribution in [0.2, 0.25) is 0 Å². The van der Waals surface area contributed by atoms with E-state index in [2.05, 4.69) is 15.5 Å². The molecule has 190 valence electrons. The summed E-state index contributed by atoms with van der Waals surface area (Å²) in [4.78, 5) is 28.5. The summed E-state index contributed by atoms with van der Waals surface area (Å²) in [5.74, 6) is -0.266. The summed E-state index contributed by atoms with van der Waals surface area (Å²) in [5, 5.41) is 6.61. The fraction of sp³-hybridized carbons (Fsp3) is 0.214. The maximum absolute atomic E-state index is 13.7. The first-order chi connectivity index (χ1) is 17.9. The van der Waals surface area contributed by atoms with Crippen molar-refractivity contribution in [3.8, 4) is 22.6 Å². The van der Waals surface area contributed by atoms with Crippen LogP contribution in [0.1, 0.15) is 23.7 Å². The number of carbonyl (C=O) groups is 2. The second-order valence-electron chi connectivity index (χ2n) is 8.19. The van der Waals surface area contributed by atoms with Crippen LogP contribution in [0.25, 0.3) is 22.6 Å². The van der Waals surface area contributed by atoms with Gasteiger partial charge < -0.3 is 14.0 Å². The van der Waals surface area contributed by atoms with Crippen LogP contribution in [-0.4, -0.2) is 35.4 Å². The molecular weight excluding hydrogens is 477 g/mol. The molecule has 1 N–H and O–H groups in total. The maximum atomic E-state index is 13.7. The van der Waals surface area contributed by atoms with E-state index < -0.39 is 6.09 Å². The van der Waals surface area contributed by atoms with Crippen LogP contribution in [0, 0.1) is 12.7 Å². The summed E-state index contributed by atoms with van der Waals surface area (Å²) in [6, 6.07) is 17.5. The van der Waals surface area contributed by atoms with Gasteiger partial charge >= 0.3 is 12.1 Å². The van der Waals surface area contributed by atoms with Crippen molar-refractivity contribution < 1.29 is 28.0 Å². The second-order valence-corrected chi connectivity index (χ2v) is 8.19. The smallest absolute Gasteiger partial charge is 0.411 e. The lowest BCUT2D eigenvalue weighted by molar-refractivity contribution is -0.142. The van der Waals surface area contributed by atoms with Gasteiger partial charge in [-0.1, -0.05) is 47.6 Å². The van der Waals surface area contributed by atoms with Crippen LogP contribution in [-0.2, 0) is 27.1 Å². The van der Waals surface area contributed by atoms with E-state index in [1.165, 1.54) is 6.07 Å². The molecule has 0 aliphatic carbocycles. The quantitative estimate of drug-likeness (QED) is 0.290. The van der Waals surface area contributed by atoms with E-state index in [0.717, 1.165) is 16.8 Å². The van der Waals surface area contributed by atoms with Gasteiger partial charge in [0.15, 0.2) is 5.76 Å². The van der Waals surface area contributed by atoms with Gasteiger partial charge in [-0.05, 0) is 43.2 Å². The van der Waals surface area contributed by atoms with Gasteiger partial charge in [-0.25, -0.2) is 9.18 Å². The van der Waals surface area contributed by atoms with Crippen LogP contribution in [0.4, 0.5) is 14.9 Å². The van der Waals surface area contributed by atoms with Crippen molar-refractivity contribution in [2.45, 2.75) is 26.7 Å². The fourth-order valence-corrected chi connectivity index (χ4v) is 3.68. The lowest BCUT2D eigenvalue weighted by atomic mass is 10.1. The number of amides is 1. The molecule has 0 fully saturated rings. The Labute approximate surface area is 213 Å². The molecule has 0 unspecified atom stereocenters. The van der Waals surface area contributed by atoms with Crippen LogP contribution in [0.3, 0.4) is 0 Å². The fourth-order valence-electron chi connectivity index (χ4n) is 3.68. The Hall–Kier alpha value is -4.53. The standard InChI is InChI=1S/C28H26FN3O5/c1-3-35-25(33)16-19-8-10-21(11-9-19)24-13-12-22(17-30-24)27-26(18(2)32-37-27)31-28(34)36-15-14-20-6-4-5-7-23(20)29/h4-13,17H,3,14-16H2,1-2H3,(H,31,34). The molecule has 0 saturated carbocycles. The number of nitrogens with one attached hydrogen (secondary N) is 1. The largest absolute Gasteiger partial charge is 0.466 e. The van der Waals surface area contributed by atoms with E-state index in [1.54, 1.807) is 38.2 Å². The SMILES string of the molecule is CCOC(=O)Cc1ccc(-c2ccc(-c3onc(C)c3NC(=O)OCCc3ccccc3F)cn2)cc1. The molecule has 4 aromatic rings. The van der Waals surface area contributed by atoms with Crippen molar-refractivity contribution >= 4 is 17.7 Å². The van der Waals surface area contributed by atoms with Crippen LogP contribution < -0.4 is 5.32 Å². The van der Waals surface area contributed by atoms with Gasteiger partial charge in [0.1, 0.15) is 17.2 Å². The Morgan fingerprint density at radius 1 is 1.00 bits per heavy atom. The maximum Gasteiger partial charge on any atom is 0.411 e. The van der Waals surface area contributed by atoms with Gasteiger partial charge in [0.25, 0.3) is 0 Å². The first kappa shape index (κ1) is 25.6. The molecule has 2 aromatic carbocycles. The number of pyridine rings is 1. The number of hydrogen-bond acceptors (Lipinski definition) is 7. The van der Waals surface area contributed by atoms with E-state index in [9.17, 15) is 14.0 Å². The van der Waals surface area contributed by atoms with E-state index in [4.69, 9.17) is 14.0 Å². The average molecular weight is 504 g/mol. The summed E-state index contributed by atoms with van der Waals surface area (Å²) in [5.41, 5.74) is 4.39. The van der Waals surface area contributed by atoms with Gasteiger partial charge in [-0.15, -0.1) is 0 Å². The van der Waals surface area contributed by atoms with Crippen LogP contribution in [0.5, 0.6) is 0 Å². The lowest BCUT2D eigenvalue weighted by Gasteiger charge is -2.08. The molecule has 0 aliphatic heterocycles. The Morgan fingerprint density at radius 2 is 1.76 bits per heavy atom. The Kier molecular flexibility index (Phi) is 8.25. The molecule has 0 spiro atoms. The van der Waals surface area contributed by atoms with Crippen molar-refractivity contribution in [2.75, 3.05) is 18.5 Å². The molecule has 0 radical (unpaired) electrons. The first-order valence-corrected chi connectivity index (χ1v) is 11.8. The number of nitrogens with zero attached hydrogens (tertiary/aromatic N) is 2. The molecule has 0 bridgehead atoms. The number of anilines is 1. The predicted molar refractivity (Wildman–Crippen MR) is 135 cm³/mol. The van der Waals surface area contributed by atoms with Crippen molar-refractivity contribution in [3.05, 3.63) is 89.5 Å². The van der Waals surface area contributed by atoms with E-state index >= 15 is 0 Å². The van der Waals surface area contributed by atoms with Crippen LogP contribution in [0.15, 0.2) is 71.4 Å². The van der Waals surface area contributed by atoms with Gasteiger partial charge in [0.2, 0.25) is 0 Å². The molecule has 0 saturated heterocycles. The molecule has 37 heavy (non-hydrogen) atoms. The van der Waals surface area contributed by atoms with Crippen molar-refractivity contribution in [1.29, 1.82) is 0 Å². The minimum Gasteiger partial charge on any atom is -0.466 e. The number of benzene rings is 2. The van der Waals surface area contributed by atoms with Crippen LogP contribution >= 0.6 is 0 Å². The Morgan fingerprint density at radius 3 is 2.46 bits per heavy atom. The normalized spacial score (nSPS) is 10.7. The number of aromatic nitrogens is 2. The van der Waals surface area contributed by atoms with Gasteiger partial charge in [0, 0.05) is 23.7 Å². The lowest BCUT2D eigenvalue weighted by Crippen LogP contribution is -2.16. The highest BCUT2D eigenvalue weighted by molar-refractivity contribution is 5.90. The number of hydrogen-bond donors (Lipinski definition) is 1. The molecule has 1 amide bonds. The highest BCUT2D eigenvalue weighted by atomic mass is 19.1. The van der Waals surface area contributed by atoms with Gasteiger partial charge in [0.05, 0.1) is 25.3 Å². The number of esters is 1. The molecule has 0 aliphatic rings. The summed E-state index contributed by atoms with van der Waals surface area (Å²) < 4.78 is 29.4. The summed E-state index contributed by atoms with van der Waals surface area (Å²) in [6.07, 6.45) is 1.39. The molecule has 2 aromatic heterocycles.